The van der Waals surface area contributed by atoms with E-state index in [9.17, 15) is 8.78 Å². The van der Waals surface area contributed by atoms with Gasteiger partial charge in [-0.05, 0) is 59.7 Å². The van der Waals surface area contributed by atoms with Crippen molar-refractivity contribution >= 4 is 23.0 Å². The average Bonchev–Trinajstić information content (AvgIpc) is 2.79. The Hall–Kier alpha value is -3.57. The van der Waals surface area contributed by atoms with E-state index in [-0.39, 0.29) is 5.75 Å². The number of hydrogen-bond donors (Lipinski definition) is 1. The number of benzene rings is 4. The Balaban J connectivity index is 1.65. The fourth-order valence-electron chi connectivity index (χ4n) is 3.95. The maximum absolute atomic E-state index is 13.1. The van der Waals surface area contributed by atoms with Gasteiger partial charge in [-0.2, -0.15) is 8.78 Å². The van der Waals surface area contributed by atoms with Crippen molar-refractivity contribution in [3.8, 4) is 22.6 Å². The molecule has 1 atom stereocenters. The summed E-state index contributed by atoms with van der Waals surface area (Å²) >= 11 is 6.24. The van der Waals surface area contributed by atoms with Crippen molar-refractivity contribution < 1.29 is 18.3 Å². The van der Waals surface area contributed by atoms with E-state index < -0.39 is 12.7 Å². The second-order valence-corrected chi connectivity index (χ2v) is 7.79. The number of halogens is 3. The number of alkyl halides is 2. The quantitative estimate of drug-likeness (QED) is 0.336. The number of hydrogen-bond acceptors (Lipinski definition) is 3. The first kappa shape index (κ1) is 20.3. The van der Waals surface area contributed by atoms with Crippen LogP contribution in [0, 0.1) is 0 Å². The molecule has 0 amide bonds. The van der Waals surface area contributed by atoms with Gasteiger partial charge in [0.15, 0.2) is 0 Å². The maximum atomic E-state index is 13.1. The molecule has 160 valence electrons. The molecule has 1 unspecified atom stereocenters. The zero-order valence-electron chi connectivity index (χ0n) is 16.8. The van der Waals surface area contributed by atoms with Crippen LogP contribution in [0.15, 0.2) is 91.0 Å². The van der Waals surface area contributed by atoms with Gasteiger partial charge in [0.2, 0.25) is 0 Å². The third-order valence-electron chi connectivity index (χ3n) is 5.27. The summed E-state index contributed by atoms with van der Waals surface area (Å²) in [7, 11) is 0. The molecule has 0 spiro atoms. The van der Waals surface area contributed by atoms with Crippen LogP contribution in [0.1, 0.15) is 17.2 Å². The van der Waals surface area contributed by atoms with E-state index in [0.29, 0.717) is 16.3 Å². The van der Waals surface area contributed by atoms with Crippen LogP contribution in [0.4, 0.5) is 20.2 Å². The van der Waals surface area contributed by atoms with Gasteiger partial charge in [-0.3, -0.25) is 0 Å². The summed E-state index contributed by atoms with van der Waals surface area (Å²) in [5, 5.41) is 3.96. The van der Waals surface area contributed by atoms with E-state index in [1.807, 2.05) is 66.7 Å². The molecule has 0 saturated carbocycles. The predicted molar refractivity (Wildman–Crippen MR) is 122 cm³/mol. The second kappa shape index (κ2) is 8.52. The van der Waals surface area contributed by atoms with Gasteiger partial charge < -0.3 is 14.8 Å². The third-order valence-corrected chi connectivity index (χ3v) is 5.50. The van der Waals surface area contributed by atoms with Gasteiger partial charge >= 0.3 is 6.61 Å². The molecule has 0 bridgehead atoms. The van der Waals surface area contributed by atoms with Crippen molar-refractivity contribution in [2.45, 2.75) is 12.7 Å². The van der Waals surface area contributed by atoms with E-state index in [4.69, 9.17) is 21.1 Å². The predicted octanol–water partition coefficient (Wildman–Crippen LogP) is 7.83. The molecule has 1 aliphatic heterocycles. The molecule has 4 aromatic carbocycles. The lowest BCUT2D eigenvalue weighted by atomic mass is 9.88. The highest BCUT2D eigenvalue weighted by atomic mass is 35.5. The van der Waals surface area contributed by atoms with Crippen LogP contribution in [0.25, 0.3) is 11.1 Å². The topological polar surface area (TPSA) is 30.5 Å². The summed E-state index contributed by atoms with van der Waals surface area (Å²) in [6, 6.07) is 27.9. The minimum absolute atomic E-state index is 0.0760. The lowest BCUT2D eigenvalue weighted by molar-refractivity contribution is -0.0496. The van der Waals surface area contributed by atoms with Crippen LogP contribution in [-0.2, 0) is 0 Å². The molecular weight excluding hydrogens is 432 g/mol. The summed E-state index contributed by atoms with van der Waals surface area (Å²) < 4.78 is 37.3. The Bertz CT molecular complexity index is 1260. The summed E-state index contributed by atoms with van der Waals surface area (Å²) in [5.74, 6) is 0.552. The molecule has 0 radical (unpaired) electrons. The first-order valence-corrected chi connectivity index (χ1v) is 10.4. The minimum Gasteiger partial charge on any atom is -0.480 e. The normalized spacial score (nSPS) is 14.3. The largest absolute Gasteiger partial charge is 0.480 e. The molecule has 1 heterocycles. The highest BCUT2D eigenvalue weighted by molar-refractivity contribution is 6.30. The molecule has 0 aromatic heterocycles. The van der Waals surface area contributed by atoms with Crippen LogP contribution in [0.2, 0.25) is 5.02 Å². The van der Waals surface area contributed by atoms with Gasteiger partial charge in [-0.15, -0.1) is 0 Å². The molecule has 4 aromatic rings. The van der Waals surface area contributed by atoms with E-state index in [2.05, 4.69) is 5.32 Å². The fraction of sp³-hybridized carbons (Fsp3) is 0.0769. The zero-order chi connectivity index (χ0) is 22.1. The number of fused-ring (bicyclic) bond motifs is 3. The van der Waals surface area contributed by atoms with Gasteiger partial charge in [0.05, 0.1) is 5.56 Å². The summed E-state index contributed by atoms with van der Waals surface area (Å²) in [6.45, 7) is -2.94. The Labute approximate surface area is 189 Å². The van der Waals surface area contributed by atoms with Crippen molar-refractivity contribution in [1.82, 2.24) is 0 Å². The SMILES string of the molecule is FC(F)Oc1cccc2c1-c1ccc(Nc3ccccc3)cc1C(c1cccc(Cl)c1)O2. The maximum Gasteiger partial charge on any atom is 0.387 e. The summed E-state index contributed by atoms with van der Waals surface area (Å²) in [4.78, 5) is 0. The van der Waals surface area contributed by atoms with Crippen LogP contribution in [-0.4, -0.2) is 6.61 Å². The Kier molecular flexibility index (Phi) is 5.41. The van der Waals surface area contributed by atoms with Crippen LogP contribution < -0.4 is 14.8 Å². The van der Waals surface area contributed by atoms with Gasteiger partial charge in [0.1, 0.15) is 17.6 Å². The Morgan fingerprint density at radius 2 is 1.66 bits per heavy atom. The van der Waals surface area contributed by atoms with E-state index in [0.717, 1.165) is 28.1 Å². The summed E-state index contributed by atoms with van der Waals surface area (Å²) in [6.07, 6.45) is -0.462. The lowest BCUT2D eigenvalue weighted by Gasteiger charge is -2.31. The molecule has 0 fully saturated rings. The third kappa shape index (κ3) is 3.99. The number of ether oxygens (including phenoxy) is 2. The smallest absolute Gasteiger partial charge is 0.387 e. The highest BCUT2D eigenvalue weighted by Gasteiger charge is 2.30. The van der Waals surface area contributed by atoms with Crippen LogP contribution in [0.3, 0.4) is 0 Å². The van der Waals surface area contributed by atoms with Crippen molar-refractivity contribution in [3.63, 3.8) is 0 Å². The lowest BCUT2D eigenvalue weighted by Crippen LogP contribution is -2.17. The van der Waals surface area contributed by atoms with Gasteiger partial charge in [0, 0.05) is 22.0 Å². The van der Waals surface area contributed by atoms with Crippen molar-refractivity contribution in [1.29, 1.82) is 0 Å². The first-order chi connectivity index (χ1) is 15.6. The molecule has 3 nitrogen and oxygen atoms in total. The van der Waals surface area contributed by atoms with Gasteiger partial charge in [-0.25, -0.2) is 0 Å². The summed E-state index contributed by atoms with van der Waals surface area (Å²) in [5.41, 5.74) is 4.75. The van der Waals surface area contributed by atoms with Gasteiger partial charge in [0.25, 0.3) is 0 Å². The molecular formula is C26H18ClF2NO2. The van der Waals surface area contributed by atoms with Gasteiger partial charge in [-0.1, -0.05) is 54.1 Å². The minimum atomic E-state index is -2.94. The van der Waals surface area contributed by atoms with E-state index in [1.54, 1.807) is 18.2 Å². The fourth-order valence-corrected chi connectivity index (χ4v) is 4.15. The van der Waals surface area contributed by atoms with E-state index in [1.165, 1.54) is 6.07 Å². The molecule has 0 aliphatic carbocycles. The molecule has 0 saturated heterocycles. The molecule has 32 heavy (non-hydrogen) atoms. The molecule has 1 aliphatic rings. The molecule has 5 rings (SSSR count). The number of anilines is 2. The molecule has 6 heteroatoms. The monoisotopic (exact) mass is 449 g/mol. The Morgan fingerprint density at radius 3 is 2.44 bits per heavy atom. The van der Waals surface area contributed by atoms with E-state index >= 15 is 0 Å². The average molecular weight is 450 g/mol. The van der Waals surface area contributed by atoms with Crippen molar-refractivity contribution in [2.75, 3.05) is 5.32 Å². The van der Waals surface area contributed by atoms with Crippen LogP contribution >= 0.6 is 11.6 Å². The standard InChI is InChI=1S/C26H18ClF2NO2/c27-17-7-4-6-16(14-17)25-21-15-19(30-18-8-2-1-3-9-18)12-13-20(21)24-22(31-25)10-5-11-23(24)32-26(28)29/h1-15,25-26,30H. The Morgan fingerprint density at radius 1 is 0.844 bits per heavy atom. The number of nitrogens with one attached hydrogen (secondary N) is 1. The second-order valence-electron chi connectivity index (χ2n) is 7.35. The highest BCUT2D eigenvalue weighted by Crippen LogP contribution is 2.50. The zero-order valence-corrected chi connectivity index (χ0v) is 17.5. The van der Waals surface area contributed by atoms with Crippen molar-refractivity contribution in [3.05, 3.63) is 107 Å². The first-order valence-electron chi connectivity index (χ1n) is 10.0. The van der Waals surface area contributed by atoms with Crippen LogP contribution in [0.5, 0.6) is 11.5 Å². The van der Waals surface area contributed by atoms with Crippen molar-refractivity contribution in [2.24, 2.45) is 0 Å². The molecule has 1 N–H and O–H groups in total. The number of rotatable bonds is 5. The number of para-hydroxylation sites is 1.